The molecule has 0 heterocycles. The van der Waals surface area contributed by atoms with Gasteiger partial charge in [0.1, 0.15) is 13.2 Å². The lowest BCUT2D eigenvalue weighted by Gasteiger charge is -2.25. The first kappa shape index (κ1) is 90.7. The number of carbonyl (C=O) groups is 3. The summed E-state index contributed by atoms with van der Waals surface area (Å²) in [5.41, 5.74) is 0. The third-order valence-electron chi connectivity index (χ3n) is 17.2. The average molecular weight is 1330 g/mol. The van der Waals surface area contributed by atoms with E-state index in [1.165, 1.54) is 218 Å². The monoisotopic (exact) mass is 1330 g/mol. The van der Waals surface area contributed by atoms with Gasteiger partial charge in [0, 0.05) is 12.8 Å². The number of carboxylic acid groups (broad SMARTS) is 1. The molecule has 0 saturated carbocycles. The molecule has 0 aliphatic carbocycles. The smallest absolute Gasteiger partial charge is 0.361 e. The number of carboxylic acids is 1. The van der Waals surface area contributed by atoms with Crippen LogP contribution in [-0.2, 0) is 33.3 Å². The highest BCUT2D eigenvalue weighted by molar-refractivity contribution is 5.71. The predicted octanol–water partition coefficient (Wildman–Crippen LogP) is 25.5. The van der Waals surface area contributed by atoms with E-state index in [4.69, 9.17) is 18.9 Å². The summed E-state index contributed by atoms with van der Waals surface area (Å²) in [5, 5.41) is 9.77. The Labute approximate surface area is 587 Å². The number of hydrogen-bond acceptors (Lipinski definition) is 7. The summed E-state index contributed by atoms with van der Waals surface area (Å²) in [6.45, 7) is 4.79. The first-order valence-corrected chi connectivity index (χ1v) is 39.7. The lowest BCUT2D eigenvalue weighted by atomic mass is 10.0. The second-order valence-corrected chi connectivity index (χ2v) is 27.6. The highest BCUT2D eigenvalue weighted by Gasteiger charge is 2.25. The zero-order chi connectivity index (χ0) is 69.0. The standard InChI is InChI=1S/C86H149NO8/c1-6-8-10-12-14-16-18-20-22-24-26-28-30-32-34-36-38-40-41-42-43-45-47-49-51-53-55-57-59-61-63-65-67-69-71-73-75-77-84(89)95-82(81-94-86(85(90)91)92-79-78-87(3,4)5)80-93-83(88)76-74-72-70-68-66-64-62-60-58-56-54-52-50-48-46-44-39-37-35-33-31-29-27-25-23-21-19-17-15-13-11-9-7-2/h8,10,14,16,19-22,25-28,32,34,38,40,42-43,47,49,82,86H,6-7,9,11-13,15,17-18,23-24,29-31,33,35-37,39,41,44-46,48,50-81H2,1-5H3/p+1/b10-8-,16-14-,21-19-,22-20-,27-25-,28-26-,34-32-,40-38-,43-42-,49-47-. The van der Waals surface area contributed by atoms with Crippen molar-refractivity contribution in [2.75, 3.05) is 47.5 Å². The van der Waals surface area contributed by atoms with Gasteiger partial charge in [-0.25, -0.2) is 4.79 Å². The number of unbranched alkanes of at least 4 members (excludes halogenated alkanes) is 38. The third kappa shape index (κ3) is 76.9. The molecule has 2 atom stereocenters. The Hall–Kier alpha value is -4.31. The first-order chi connectivity index (χ1) is 46.6. The number of nitrogens with zero attached hydrogens (tertiary/aromatic N) is 1. The van der Waals surface area contributed by atoms with Gasteiger partial charge >= 0.3 is 17.9 Å². The van der Waals surface area contributed by atoms with Crippen molar-refractivity contribution in [1.29, 1.82) is 0 Å². The van der Waals surface area contributed by atoms with Crippen LogP contribution in [-0.4, -0.2) is 87.4 Å². The molecule has 0 bridgehead atoms. The van der Waals surface area contributed by atoms with Crippen molar-refractivity contribution >= 4 is 17.9 Å². The van der Waals surface area contributed by atoms with E-state index in [0.29, 0.717) is 23.9 Å². The van der Waals surface area contributed by atoms with E-state index in [1.807, 2.05) is 21.1 Å². The number of likely N-dealkylation sites (N-methyl/N-ethyl adjacent to an activating group) is 1. The quantitative estimate of drug-likeness (QED) is 0.0211. The van der Waals surface area contributed by atoms with Crippen molar-refractivity contribution in [3.05, 3.63) is 122 Å². The Morgan fingerprint density at radius 3 is 0.895 bits per heavy atom. The fraction of sp³-hybridized carbons (Fsp3) is 0.733. The molecular weight excluding hydrogens is 1170 g/mol. The van der Waals surface area contributed by atoms with E-state index in [1.54, 1.807) is 0 Å². The minimum Gasteiger partial charge on any atom is -0.477 e. The number of ether oxygens (including phenoxy) is 4. The summed E-state index contributed by atoms with van der Waals surface area (Å²) >= 11 is 0. The second-order valence-electron chi connectivity index (χ2n) is 27.6. The van der Waals surface area contributed by atoms with Crippen molar-refractivity contribution in [3.63, 3.8) is 0 Å². The number of aliphatic carboxylic acids is 1. The Bertz CT molecular complexity index is 1980. The number of allylic oxidation sites excluding steroid dienone is 20. The fourth-order valence-electron chi connectivity index (χ4n) is 11.2. The van der Waals surface area contributed by atoms with Gasteiger partial charge in [0.15, 0.2) is 6.10 Å². The summed E-state index contributed by atoms with van der Waals surface area (Å²) in [4.78, 5) is 37.7. The Morgan fingerprint density at radius 1 is 0.326 bits per heavy atom. The van der Waals surface area contributed by atoms with Gasteiger partial charge in [0.2, 0.25) is 0 Å². The van der Waals surface area contributed by atoms with Gasteiger partial charge in [-0.1, -0.05) is 347 Å². The Morgan fingerprint density at radius 2 is 0.600 bits per heavy atom. The van der Waals surface area contributed by atoms with Crippen LogP contribution >= 0.6 is 0 Å². The number of carbonyl (C=O) groups excluding carboxylic acids is 2. The van der Waals surface area contributed by atoms with E-state index in [9.17, 15) is 19.5 Å². The van der Waals surface area contributed by atoms with Crippen LogP contribution in [0.1, 0.15) is 348 Å². The average Bonchev–Trinajstić information content (AvgIpc) is 3.75. The lowest BCUT2D eigenvalue weighted by Crippen LogP contribution is -2.40. The normalized spacial score (nSPS) is 13.3. The van der Waals surface area contributed by atoms with Crippen molar-refractivity contribution < 1.29 is 42.9 Å². The van der Waals surface area contributed by atoms with E-state index in [-0.39, 0.29) is 32.2 Å². The molecule has 9 heteroatoms. The third-order valence-corrected chi connectivity index (χ3v) is 17.2. The molecule has 0 fully saturated rings. The molecule has 0 amide bonds. The van der Waals surface area contributed by atoms with E-state index >= 15 is 0 Å². The summed E-state index contributed by atoms with van der Waals surface area (Å²) in [6, 6.07) is 0. The minimum absolute atomic E-state index is 0.184. The number of esters is 2. The maximum Gasteiger partial charge on any atom is 0.361 e. The van der Waals surface area contributed by atoms with Crippen molar-refractivity contribution in [2.45, 2.75) is 360 Å². The molecule has 0 rings (SSSR count). The summed E-state index contributed by atoms with van der Waals surface area (Å²) < 4.78 is 23.0. The van der Waals surface area contributed by atoms with Crippen LogP contribution in [0.5, 0.6) is 0 Å². The van der Waals surface area contributed by atoms with E-state index in [0.717, 1.165) is 96.3 Å². The largest absolute Gasteiger partial charge is 0.477 e. The molecule has 95 heavy (non-hydrogen) atoms. The summed E-state index contributed by atoms with van der Waals surface area (Å²) in [7, 11) is 5.98. The molecule has 0 aromatic heterocycles. The topological polar surface area (TPSA) is 108 Å². The lowest BCUT2D eigenvalue weighted by molar-refractivity contribution is -0.870. The Balaban J connectivity index is 4.06. The molecule has 0 saturated heterocycles. The highest BCUT2D eigenvalue weighted by Crippen LogP contribution is 2.18. The zero-order valence-electron chi connectivity index (χ0n) is 62.6. The maximum absolute atomic E-state index is 13.0. The Kier molecular flexibility index (Phi) is 72.0. The van der Waals surface area contributed by atoms with Crippen molar-refractivity contribution in [2.24, 2.45) is 0 Å². The van der Waals surface area contributed by atoms with Gasteiger partial charge < -0.3 is 28.5 Å². The molecule has 0 aliphatic heterocycles. The van der Waals surface area contributed by atoms with Crippen molar-refractivity contribution in [1.82, 2.24) is 0 Å². The second kappa shape index (κ2) is 75.5. The van der Waals surface area contributed by atoms with E-state index in [2.05, 4.69) is 135 Å². The van der Waals surface area contributed by atoms with Crippen LogP contribution in [0.15, 0.2) is 122 Å². The van der Waals surface area contributed by atoms with Crippen LogP contribution in [0, 0.1) is 0 Å². The molecule has 546 valence electrons. The van der Waals surface area contributed by atoms with Gasteiger partial charge in [-0.05, 0) is 109 Å². The minimum atomic E-state index is -1.52. The van der Waals surface area contributed by atoms with E-state index < -0.39 is 24.3 Å². The fourth-order valence-corrected chi connectivity index (χ4v) is 11.2. The van der Waals surface area contributed by atoms with Crippen molar-refractivity contribution in [3.8, 4) is 0 Å². The first-order valence-electron chi connectivity index (χ1n) is 39.7. The summed E-state index contributed by atoms with van der Waals surface area (Å²) in [5.74, 6) is -2.00. The van der Waals surface area contributed by atoms with Crippen LogP contribution in [0.3, 0.4) is 0 Å². The summed E-state index contributed by atoms with van der Waals surface area (Å²) in [6.07, 6.45) is 105. The van der Waals surface area contributed by atoms with Gasteiger partial charge in [0.05, 0.1) is 34.4 Å². The molecule has 1 N–H and O–H groups in total. The van der Waals surface area contributed by atoms with Crippen LogP contribution in [0.2, 0.25) is 0 Å². The SMILES string of the molecule is CC/C=C\C/C=C\C/C=C\C/C=C\C/C=C\C/C=C\C/C=C\C/C=C\CCCCCCCCCCCCCCC(=O)OC(COC(=O)CCCCCCCCCCCCCCCCCCCCCCC/C=C\C/C=C\CCCCCCC)COC(OCC[N+](C)(C)C)C(=O)O. The zero-order valence-corrected chi connectivity index (χ0v) is 62.6. The molecule has 2 unspecified atom stereocenters. The molecule has 0 aromatic carbocycles. The highest BCUT2D eigenvalue weighted by atomic mass is 16.7. The molecular formula is C86H150NO8+. The molecule has 0 spiro atoms. The molecule has 0 aliphatic rings. The van der Waals surface area contributed by atoms with Crippen LogP contribution in [0.25, 0.3) is 0 Å². The maximum atomic E-state index is 13.0. The molecule has 0 aromatic rings. The van der Waals surface area contributed by atoms with Crippen LogP contribution in [0.4, 0.5) is 0 Å². The van der Waals surface area contributed by atoms with Gasteiger partial charge in [0.25, 0.3) is 6.29 Å². The number of rotatable bonds is 73. The van der Waals surface area contributed by atoms with Gasteiger partial charge in [-0.2, -0.15) is 0 Å². The number of hydrogen-bond donors (Lipinski definition) is 1. The molecule has 9 nitrogen and oxygen atoms in total. The van der Waals surface area contributed by atoms with Gasteiger partial charge in [-0.3, -0.25) is 9.59 Å². The molecule has 0 radical (unpaired) electrons. The number of quaternary nitrogens is 1. The van der Waals surface area contributed by atoms with Crippen LogP contribution < -0.4 is 0 Å². The predicted molar refractivity (Wildman–Crippen MR) is 410 cm³/mol. The van der Waals surface area contributed by atoms with Gasteiger partial charge in [-0.15, -0.1) is 0 Å².